The normalized spacial score (nSPS) is 21.8. The molecule has 3 heterocycles. The lowest BCUT2D eigenvalue weighted by Gasteiger charge is -2.24. The molecule has 4 rings (SSSR count). The summed E-state index contributed by atoms with van der Waals surface area (Å²) in [4.78, 5) is 0. The van der Waals surface area contributed by atoms with Gasteiger partial charge in [0.1, 0.15) is 0 Å². The molecule has 1 atom stereocenters. The number of fused-ring (bicyclic) bond motifs is 1. The maximum atomic E-state index is 12.9. The molecular formula is C17H21N3O3S. The first kappa shape index (κ1) is 15.8. The predicted octanol–water partition coefficient (Wildman–Crippen LogP) is 2.15. The molecule has 1 aromatic carbocycles. The van der Waals surface area contributed by atoms with Gasteiger partial charge in [0.2, 0.25) is 10.0 Å². The van der Waals surface area contributed by atoms with Crippen LogP contribution in [0.25, 0.3) is 0 Å². The van der Waals surface area contributed by atoms with Crippen molar-refractivity contribution >= 4 is 10.0 Å². The van der Waals surface area contributed by atoms with Crippen molar-refractivity contribution in [2.24, 2.45) is 0 Å². The molecule has 0 unspecified atom stereocenters. The highest BCUT2D eigenvalue weighted by molar-refractivity contribution is 7.88. The van der Waals surface area contributed by atoms with Crippen LogP contribution in [0.15, 0.2) is 30.3 Å². The minimum absolute atomic E-state index is 0.0352. The number of hydrogen-bond donors (Lipinski definition) is 1. The lowest BCUT2D eigenvalue weighted by Crippen LogP contribution is -2.32. The Hall–Kier alpha value is -1.70. The highest BCUT2D eigenvalue weighted by atomic mass is 32.2. The molecule has 24 heavy (non-hydrogen) atoms. The van der Waals surface area contributed by atoms with Crippen molar-refractivity contribution in [2.75, 3.05) is 13.2 Å². The molecule has 0 bridgehead atoms. The lowest BCUT2D eigenvalue weighted by atomic mass is 10.0. The van der Waals surface area contributed by atoms with E-state index < -0.39 is 10.0 Å². The average Bonchev–Trinajstić information content (AvgIpc) is 3.22. The van der Waals surface area contributed by atoms with E-state index >= 15 is 0 Å². The maximum Gasteiger partial charge on any atom is 0.218 e. The Labute approximate surface area is 141 Å². The lowest BCUT2D eigenvalue weighted by molar-refractivity contribution is 0.109. The van der Waals surface area contributed by atoms with Gasteiger partial charge < -0.3 is 4.74 Å². The van der Waals surface area contributed by atoms with Crippen LogP contribution in [0.4, 0.5) is 0 Å². The van der Waals surface area contributed by atoms with Crippen molar-refractivity contribution in [1.82, 2.24) is 14.5 Å². The monoisotopic (exact) mass is 347 g/mol. The number of nitrogens with zero attached hydrogens (tertiary/aromatic N) is 2. The van der Waals surface area contributed by atoms with E-state index in [0.717, 1.165) is 41.8 Å². The Balaban J connectivity index is 1.62. The van der Waals surface area contributed by atoms with E-state index in [2.05, 4.69) is 10.2 Å². The zero-order chi connectivity index (χ0) is 16.6. The third-order valence-corrected chi connectivity index (χ3v) is 6.65. The van der Waals surface area contributed by atoms with Crippen molar-refractivity contribution in [2.45, 2.75) is 37.7 Å². The summed E-state index contributed by atoms with van der Waals surface area (Å²) in [6, 6.07) is 9.16. The van der Waals surface area contributed by atoms with Crippen LogP contribution in [-0.4, -0.2) is 36.1 Å². The zero-order valence-electron chi connectivity index (χ0n) is 13.4. The van der Waals surface area contributed by atoms with Gasteiger partial charge >= 0.3 is 0 Å². The van der Waals surface area contributed by atoms with Crippen LogP contribution in [0.3, 0.4) is 0 Å². The van der Waals surface area contributed by atoms with Crippen LogP contribution >= 0.6 is 0 Å². The number of benzene rings is 1. The number of H-pyrrole nitrogens is 1. The molecule has 0 amide bonds. The number of nitrogens with one attached hydrogen (secondary N) is 1. The number of ether oxygens (including phenoxy) is 1. The first-order valence-electron chi connectivity index (χ1n) is 8.32. The molecule has 0 spiro atoms. The topological polar surface area (TPSA) is 75.3 Å². The molecule has 1 saturated heterocycles. The Morgan fingerprint density at radius 3 is 2.96 bits per heavy atom. The van der Waals surface area contributed by atoms with E-state index in [1.165, 1.54) is 0 Å². The third-order valence-electron chi connectivity index (χ3n) is 4.80. The maximum absolute atomic E-state index is 12.9. The van der Waals surface area contributed by atoms with Crippen LogP contribution in [0.1, 0.15) is 41.4 Å². The SMILES string of the molecule is O=S(=O)(Cc1ccccc1)N1CCC[C@H]1c1n[nH]c2c1COCC2. The molecule has 0 radical (unpaired) electrons. The summed E-state index contributed by atoms with van der Waals surface area (Å²) in [7, 11) is -3.38. The molecule has 0 aliphatic carbocycles. The van der Waals surface area contributed by atoms with E-state index in [9.17, 15) is 8.42 Å². The first-order valence-corrected chi connectivity index (χ1v) is 9.93. The molecule has 1 aromatic heterocycles. The molecular weight excluding hydrogens is 326 g/mol. The van der Waals surface area contributed by atoms with Crippen molar-refractivity contribution in [1.29, 1.82) is 0 Å². The number of hydrogen-bond acceptors (Lipinski definition) is 4. The first-order chi connectivity index (χ1) is 11.6. The number of aromatic nitrogens is 2. The predicted molar refractivity (Wildman–Crippen MR) is 89.7 cm³/mol. The molecule has 1 fully saturated rings. The van der Waals surface area contributed by atoms with Gasteiger partial charge in [-0.1, -0.05) is 30.3 Å². The second-order valence-corrected chi connectivity index (χ2v) is 8.30. The largest absolute Gasteiger partial charge is 0.376 e. The van der Waals surface area contributed by atoms with Crippen molar-refractivity contribution in [3.63, 3.8) is 0 Å². The van der Waals surface area contributed by atoms with E-state index in [4.69, 9.17) is 4.74 Å². The summed E-state index contributed by atoms with van der Waals surface area (Å²) in [5.41, 5.74) is 3.80. The molecule has 2 aliphatic heterocycles. The van der Waals surface area contributed by atoms with Crippen LogP contribution < -0.4 is 0 Å². The Kier molecular flexibility index (Phi) is 4.15. The van der Waals surface area contributed by atoms with Gasteiger partial charge in [0, 0.05) is 24.2 Å². The van der Waals surface area contributed by atoms with Gasteiger partial charge in [0.15, 0.2) is 0 Å². The van der Waals surface area contributed by atoms with Gasteiger partial charge in [-0.3, -0.25) is 5.10 Å². The molecule has 6 nitrogen and oxygen atoms in total. The highest BCUT2D eigenvalue weighted by Crippen LogP contribution is 2.37. The fourth-order valence-electron chi connectivity index (χ4n) is 3.62. The fraction of sp³-hybridized carbons (Fsp3) is 0.471. The smallest absolute Gasteiger partial charge is 0.218 e. The van der Waals surface area contributed by atoms with Gasteiger partial charge in [-0.2, -0.15) is 9.40 Å². The van der Waals surface area contributed by atoms with Gasteiger partial charge in [-0.25, -0.2) is 8.42 Å². The van der Waals surface area contributed by atoms with Crippen LogP contribution in [-0.2, 0) is 33.5 Å². The summed E-state index contributed by atoms with van der Waals surface area (Å²) < 4.78 is 33.0. The van der Waals surface area contributed by atoms with E-state index in [0.29, 0.717) is 19.8 Å². The summed E-state index contributed by atoms with van der Waals surface area (Å²) >= 11 is 0. The standard InChI is InChI=1S/C17H21N3O3S/c21-24(22,12-13-5-2-1-3-6-13)20-9-4-7-16(20)17-14-11-23-10-8-15(14)18-19-17/h1-3,5-6,16H,4,7-12H2,(H,18,19)/t16-/m0/s1. The minimum Gasteiger partial charge on any atom is -0.376 e. The summed E-state index contributed by atoms with van der Waals surface area (Å²) in [5.74, 6) is 0.0352. The third kappa shape index (κ3) is 2.87. The molecule has 1 N–H and O–H groups in total. The number of aromatic amines is 1. The summed E-state index contributed by atoms with van der Waals surface area (Å²) in [5, 5.41) is 7.51. The van der Waals surface area contributed by atoms with Crippen LogP contribution in [0.2, 0.25) is 0 Å². The Morgan fingerprint density at radius 2 is 2.12 bits per heavy atom. The van der Waals surface area contributed by atoms with Gasteiger partial charge in [0.25, 0.3) is 0 Å². The van der Waals surface area contributed by atoms with Crippen molar-refractivity contribution < 1.29 is 13.2 Å². The number of rotatable bonds is 4. The van der Waals surface area contributed by atoms with Crippen molar-refractivity contribution in [3.05, 3.63) is 52.8 Å². The van der Waals surface area contributed by atoms with E-state index in [1.54, 1.807) is 4.31 Å². The molecule has 7 heteroatoms. The Bertz CT molecular complexity index is 817. The molecule has 0 saturated carbocycles. The molecule has 2 aliphatic rings. The summed E-state index contributed by atoms with van der Waals surface area (Å²) in [6.45, 7) is 1.77. The van der Waals surface area contributed by atoms with Gasteiger partial charge in [-0.15, -0.1) is 0 Å². The fourth-order valence-corrected chi connectivity index (χ4v) is 5.40. The minimum atomic E-state index is -3.38. The summed E-state index contributed by atoms with van der Waals surface area (Å²) in [6.07, 6.45) is 2.48. The van der Waals surface area contributed by atoms with Crippen LogP contribution in [0, 0.1) is 0 Å². The second-order valence-electron chi connectivity index (χ2n) is 6.38. The van der Waals surface area contributed by atoms with Gasteiger partial charge in [-0.05, 0) is 18.4 Å². The molecule has 128 valence electrons. The van der Waals surface area contributed by atoms with Gasteiger partial charge in [0.05, 0.1) is 30.7 Å². The van der Waals surface area contributed by atoms with Crippen LogP contribution in [0.5, 0.6) is 0 Å². The average molecular weight is 347 g/mol. The quantitative estimate of drug-likeness (QED) is 0.919. The van der Waals surface area contributed by atoms with E-state index in [-0.39, 0.29) is 11.8 Å². The van der Waals surface area contributed by atoms with Crippen molar-refractivity contribution in [3.8, 4) is 0 Å². The number of sulfonamides is 1. The van der Waals surface area contributed by atoms with E-state index in [1.807, 2.05) is 30.3 Å². The second kappa shape index (κ2) is 6.31. The molecule has 2 aromatic rings. The Morgan fingerprint density at radius 1 is 1.29 bits per heavy atom. The zero-order valence-corrected chi connectivity index (χ0v) is 14.3. The highest BCUT2D eigenvalue weighted by Gasteiger charge is 2.38.